The molecule has 1 heterocycles. The van der Waals surface area contributed by atoms with Gasteiger partial charge in [-0.15, -0.1) is 0 Å². The summed E-state index contributed by atoms with van der Waals surface area (Å²) in [6, 6.07) is 14.3. The molecule has 0 aliphatic carbocycles. The average Bonchev–Trinajstić information content (AvgIpc) is 2.84. The van der Waals surface area contributed by atoms with E-state index >= 15 is 0 Å². The molecule has 0 saturated carbocycles. The van der Waals surface area contributed by atoms with Crippen LogP contribution in [0.15, 0.2) is 42.5 Å². The van der Waals surface area contributed by atoms with Crippen molar-refractivity contribution < 1.29 is 4.79 Å². The van der Waals surface area contributed by atoms with Crippen LogP contribution >= 0.6 is 0 Å². The molecule has 0 aliphatic heterocycles. The minimum absolute atomic E-state index is 0.0302. The number of carbonyl (C=O) groups excluding carboxylic acids is 1. The fourth-order valence-electron chi connectivity index (χ4n) is 3.07. The third kappa shape index (κ3) is 2.94. The highest BCUT2D eigenvalue weighted by Gasteiger charge is 2.12. The molecule has 0 saturated heterocycles. The zero-order valence-electron chi connectivity index (χ0n) is 14.8. The topological polar surface area (TPSA) is 34.0 Å². The van der Waals surface area contributed by atoms with E-state index in [2.05, 4.69) is 62.0 Å². The number of aryl methyl sites for hydroxylation is 3. The molecule has 0 spiro atoms. The number of benzene rings is 2. The molecule has 2 aromatic carbocycles. The molecule has 1 aromatic heterocycles. The lowest BCUT2D eigenvalue weighted by Crippen LogP contribution is -2.22. The van der Waals surface area contributed by atoms with Crippen LogP contribution in [-0.2, 0) is 20.0 Å². The van der Waals surface area contributed by atoms with Crippen LogP contribution in [0.4, 0.5) is 0 Å². The number of nitrogens with one attached hydrogen (secondary N) is 1. The van der Waals surface area contributed by atoms with Crippen molar-refractivity contribution in [1.82, 2.24) is 9.88 Å². The lowest BCUT2D eigenvalue weighted by molar-refractivity contribution is 0.0951. The monoisotopic (exact) mass is 320 g/mol. The van der Waals surface area contributed by atoms with Gasteiger partial charge in [0.05, 0.1) is 0 Å². The first-order valence-corrected chi connectivity index (χ1v) is 8.43. The van der Waals surface area contributed by atoms with Gasteiger partial charge < -0.3 is 9.88 Å². The summed E-state index contributed by atoms with van der Waals surface area (Å²) in [5, 5.41) is 4.16. The molecule has 3 nitrogen and oxygen atoms in total. The highest BCUT2D eigenvalue weighted by Crippen LogP contribution is 2.25. The van der Waals surface area contributed by atoms with Gasteiger partial charge in [0.25, 0.3) is 5.91 Å². The molecule has 0 aliphatic rings. The molecular weight excluding hydrogens is 296 g/mol. The summed E-state index contributed by atoms with van der Waals surface area (Å²) in [4.78, 5) is 12.5. The number of carbonyl (C=O) groups is 1. The molecule has 3 heteroatoms. The second-order valence-electron chi connectivity index (χ2n) is 6.35. The van der Waals surface area contributed by atoms with Crippen LogP contribution in [0.3, 0.4) is 0 Å². The Labute approximate surface area is 143 Å². The quantitative estimate of drug-likeness (QED) is 0.764. The molecule has 0 radical (unpaired) electrons. The molecule has 24 heavy (non-hydrogen) atoms. The van der Waals surface area contributed by atoms with E-state index in [1.807, 2.05) is 18.2 Å². The van der Waals surface area contributed by atoms with Crippen LogP contribution in [0.2, 0.25) is 0 Å². The smallest absolute Gasteiger partial charge is 0.251 e. The van der Waals surface area contributed by atoms with Crippen LogP contribution < -0.4 is 5.32 Å². The Bertz CT molecular complexity index is 888. The Morgan fingerprint density at radius 2 is 1.71 bits per heavy atom. The van der Waals surface area contributed by atoms with Gasteiger partial charge in [0.2, 0.25) is 0 Å². The average molecular weight is 320 g/mol. The number of aromatic nitrogens is 1. The maximum atomic E-state index is 12.5. The third-order valence-corrected chi connectivity index (χ3v) is 4.95. The predicted octanol–water partition coefficient (Wildman–Crippen LogP) is 4.29. The predicted molar refractivity (Wildman–Crippen MR) is 99.4 cm³/mol. The van der Waals surface area contributed by atoms with Crippen LogP contribution in [-0.4, -0.2) is 10.5 Å². The Hall–Kier alpha value is -2.55. The standard InChI is InChI=1S/C21H24N2O/c1-5-16-6-8-17(9-7-16)13-22-21(24)18-10-11-20-19(12-18)14(2)15(3)23(20)4/h6-12H,5,13H2,1-4H3,(H,22,24). The minimum Gasteiger partial charge on any atom is -0.348 e. The van der Waals surface area contributed by atoms with E-state index in [1.54, 1.807) is 0 Å². The van der Waals surface area contributed by atoms with E-state index in [9.17, 15) is 4.79 Å². The maximum Gasteiger partial charge on any atom is 0.251 e. The van der Waals surface area contributed by atoms with E-state index < -0.39 is 0 Å². The van der Waals surface area contributed by atoms with Gasteiger partial charge in [-0.3, -0.25) is 4.79 Å². The van der Waals surface area contributed by atoms with Gasteiger partial charge in [0.1, 0.15) is 0 Å². The number of hydrogen-bond donors (Lipinski definition) is 1. The van der Waals surface area contributed by atoms with Gasteiger partial charge in [0, 0.05) is 35.8 Å². The van der Waals surface area contributed by atoms with Crippen LogP contribution in [0, 0.1) is 13.8 Å². The highest BCUT2D eigenvalue weighted by atomic mass is 16.1. The fraction of sp³-hybridized carbons (Fsp3) is 0.286. The Morgan fingerprint density at radius 3 is 2.38 bits per heavy atom. The van der Waals surface area contributed by atoms with E-state index in [4.69, 9.17) is 0 Å². The van der Waals surface area contributed by atoms with Gasteiger partial charge in [0.15, 0.2) is 0 Å². The first-order chi connectivity index (χ1) is 11.5. The van der Waals surface area contributed by atoms with E-state index in [0.29, 0.717) is 12.1 Å². The van der Waals surface area contributed by atoms with Gasteiger partial charge in [-0.1, -0.05) is 31.2 Å². The SMILES string of the molecule is CCc1ccc(CNC(=O)c2ccc3c(c2)c(C)c(C)n3C)cc1. The van der Waals surface area contributed by atoms with E-state index in [1.165, 1.54) is 16.8 Å². The second kappa shape index (κ2) is 6.52. The molecule has 0 atom stereocenters. The zero-order valence-corrected chi connectivity index (χ0v) is 14.8. The van der Waals surface area contributed by atoms with Crippen LogP contribution in [0.1, 0.15) is 39.7 Å². The number of amides is 1. The van der Waals surface area contributed by atoms with Crippen molar-refractivity contribution >= 4 is 16.8 Å². The Morgan fingerprint density at radius 1 is 1.04 bits per heavy atom. The first kappa shape index (κ1) is 16.3. The molecule has 3 aromatic rings. The summed E-state index contributed by atoms with van der Waals surface area (Å²) in [6.07, 6.45) is 1.03. The normalized spacial score (nSPS) is 11.0. The van der Waals surface area contributed by atoms with Crippen molar-refractivity contribution in [3.05, 3.63) is 70.4 Å². The number of nitrogens with zero attached hydrogens (tertiary/aromatic N) is 1. The molecule has 0 fully saturated rings. The molecular formula is C21H24N2O. The van der Waals surface area contributed by atoms with Crippen LogP contribution in [0.25, 0.3) is 10.9 Å². The van der Waals surface area contributed by atoms with Crippen molar-refractivity contribution in [2.24, 2.45) is 7.05 Å². The molecule has 3 rings (SSSR count). The lowest BCUT2D eigenvalue weighted by atomic mass is 10.1. The number of rotatable bonds is 4. The van der Waals surface area contributed by atoms with Gasteiger partial charge in [-0.05, 0) is 55.2 Å². The summed E-state index contributed by atoms with van der Waals surface area (Å²) in [5.41, 5.74) is 6.77. The van der Waals surface area contributed by atoms with Crippen molar-refractivity contribution in [2.75, 3.05) is 0 Å². The van der Waals surface area contributed by atoms with E-state index in [-0.39, 0.29) is 5.91 Å². The summed E-state index contributed by atoms with van der Waals surface area (Å²) < 4.78 is 2.17. The molecule has 0 bridgehead atoms. The van der Waals surface area contributed by atoms with Crippen molar-refractivity contribution in [2.45, 2.75) is 33.7 Å². The summed E-state index contributed by atoms with van der Waals surface area (Å²) >= 11 is 0. The third-order valence-electron chi connectivity index (χ3n) is 4.95. The summed E-state index contributed by atoms with van der Waals surface area (Å²) in [6.45, 7) is 6.90. The molecule has 1 N–H and O–H groups in total. The zero-order chi connectivity index (χ0) is 17.3. The Kier molecular flexibility index (Phi) is 4.43. The van der Waals surface area contributed by atoms with Gasteiger partial charge in [-0.2, -0.15) is 0 Å². The number of hydrogen-bond acceptors (Lipinski definition) is 1. The highest BCUT2D eigenvalue weighted by molar-refractivity contribution is 5.99. The largest absolute Gasteiger partial charge is 0.348 e. The lowest BCUT2D eigenvalue weighted by Gasteiger charge is -2.07. The minimum atomic E-state index is -0.0302. The number of fused-ring (bicyclic) bond motifs is 1. The molecule has 1 amide bonds. The fourth-order valence-corrected chi connectivity index (χ4v) is 3.07. The molecule has 0 unspecified atom stereocenters. The summed E-state index contributed by atoms with van der Waals surface area (Å²) in [7, 11) is 2.06. The van der Waals surface area contributed by atoms with Crippen LogP contribution in [0.5, 0.6) is 0 Å². The summed E-state index contributed by atoms with van der Waals surface area (Å²) in [5.74, 6) is -0.0302. The van der Waals surface area contributed by atoms with Crippen molar-refractivity contribution in [1.29, 1.82) is 0 Å². The second-order valence-corrected chi connectivity index (χ2v) is 6.35. The van der Waals surface area contributed by atoms with Gasteiger partial charge >= 0.3 is 0 Å². The van der Waals surface area contributed by atoms with Gasteiger partial charge in [-0.25, -0.2) is 0 Å². The van der Waals surface area contributed by atoms with Crippen molar-refractivity contribution in [3.63, 3.8) is 0 Å². The van der Waals surface area contributed by atoms with E-state index in [0.717, 1.165) is 22.9 Å². The Balaban J connectivity index is 1.77. The van der Waals surface area contributed by atoms with Crippen molar-refractivity contribution in [3.8, 4) is 0 Å². The maximum absolute atomic E-state index is 12.5. The first-order valence-electron chi connectivity index (χ1n) is 8.43. The molecule has 124 valence electrons.